The van der Waals surface area contributed by atoms with Gasteiger partial charge in [-0.05, 0) is 42.8 Å². The maximum absolute atomic E-state index is 14.3. The number of hydrogen-bond acceptors (Lipinski definition) is 3. The van der Waals surface area contributed by atoms with Crippen LogP contribution in [0.15, 0.2) is 48.8 Å². The minimum Gasteiger partial charge on any atom is -0.381 e. The van der Waals surface area contributed by atoms with E-state index in [0.29, 0.717) is 22.8 Å². The second kappa shape index (κ2) is 6.73. The number of aryl methyl sites for hydroxylation is 1. The van der Waals surface area contributed by atoms with E-state index in [4.69, 9.17) is 16.9 Å². The molecular weight excluding hydrogens is 327 g/mol. The van der Waals surface area contributed by atoms with Crippen LogP contribution in [0.3, 0.4) is 0 Å². The van der Waals surface area contributed by atoms with E-state index < -0.39 is 0 Å². The van der Waals surface area contributed by atoms with E-state index in [1.165, 1.54) is 6.07 Å². The summed E-state index contributed by atoms with van der Waals surface area (Å²) in [6.45, 7) is 2.27. The fraction of sp³-hybridized carbons (Fsp3) is 0.111. The molecule has 0 aliphatic carbocycles. The zero-order chi connectivity index (χ0) is 17.1. The number of rotatable bonds is 4. The van der Waals surface area contributed by atoms with Crippen molar-refractivity contribution in [2.45, 2.75) is 13.5 Å². The molecule has 120 valence electrons. The third-order valence-electron chi connectivity index (χ3n) is 3.68. The van der Waals surface area contributed by atoms with Gasteiger partial charge < -0.3 is 9.88 Å². The molecule has 0 bridgehead atoms. The molecule has 0 saturated carbocycles. The van der Waals surface area contributed by atoms with E-state index in [1.807, 2.05) is 19.1 Å². The summed E-state index contributed by atoms with van der Waals surface area (Å²) in [6, 6.07) is 12.2. The largest absolute Gasteiger partial charge is 0.381 e. The monoisotopic (exact) mass is 340 g/mol. The van der Waals surface area contributed by atoms with Crippen molar-refractivity contribution >= 4 is 17.3 Å². The molecule has 3 rings (SSSR count). The number of halogens is 2. The number of anilines is 1. The van der Waals surface area contributed by atoms with Gasteiger partial charge in [-0.1, -0.05) is 17.7 Å². The summed E-state index contributed by atoms with van der Waals surface area (Å²) < 4.78 is 16.0. The van der Waals surface area contributed by atoms with Crippen LogP contribution in [0.1, 0.15) is 17.0 Å². The Bertz CT molecular complexity index is 927. The van der Waals surface area contributed by atoms with Crippen LogP contribution in [0.4, 0.5) is 10.1 Å². The molecule has 1 N–H and O–H groups in total. The van der Waals surface area contributed by atoms with Gasteiger partial charge in [0.1, 0.15) is 17.7 Å². The van der Waals surface area contributed by atoms with E-state index >= 15 is 0 Å². The molecule has 2 aromatic carbocycles. The molecule has 3 aromatic rings. The second-order valence-electron chi connectivity index (χ2n) is 5.29. The zero-order valence-electron chi connectivity index (χ0n) is 12.9. The summed E-state index contributed by atoms with van der Waals surface area (Å²) >= 11 is 6.00. The summed E-state index contributed by atoms with van der Waals surface area (Å²) in [4.78, 5) is 4.10. The van der Waals surface area contributed by atoms with Gasteiger partial charge in [0.25, 0.3) is 0 Å². The molecule has 1 heterocycles. The van der Waals surface area contributed by atoms with Gasteiger partial charge in [-0.15, -0.1) is 0 Å². The Hall–Kier alpha value is -2.84. The average Bonchev–Trinajstić information content (AvgIpc) is 2.99. The molecule has 4 nitrogen and oxygen atoms in total. The molecule has 0 fully saturated rings. The van der Waals surface area contributed by atoms with E-state index in [1.54, 1.807) is 41.2 Å². The summed E-state index contributed by atoms with van der Waals surface area (Å²) in [6.07, 6.45) is 3.36. The van der Waals surface area contributed by atoms with Crippen LogP contribution in [-0.4, -0.2) is 9.55 Å². The minimum absolute atomic E-state index is 0.312. The Morgan fingerprint density at radius 1 is 1.29 bits per heavy atom. The van der Waals surface area contributed by atoms with Crippen molar-refractivity contribution < 1.29 is 4.39 Å². The smallest absolute Gasteiger partial charge is 0.147 e. The van der Waals surface area contributed by atoms with E-state index in [2.05, 4.69) is 10.3 Å². The van der Waals surface area contributed by atoms with Crippen molar-refractivity contribution in [2.75, 3.05) is 5.32 Å². The lowest BCUT2D eigenvalue weighted by molar-refractivity contribution is 0.614. The molecule has 0 radical (unpaired) electrons. The van der Waals surface area contributed by atoms with Crippen LogP contribution >= 0.6 is 11.6 Å². The Morgan fingerprint density at radius 2 is 2.12 bits per heavy atom. The summed E-state index contributed by atoms with van der Waals surface area (Å²) in [7, 11) is 0. The summed E-state index contributed by atoms with van der Waals surface area (Å²) in [5, 5.41) is 12.4. The highest BCUT2D eigenvalue weighted by atomic mass is 35.5. The van der Waals surface area contributed by atoms with Crippen LogP contribution in [0.25, 0.3) is 5.69 Å². The predicted molar refractivity (Wildman–Crippen MR) is 91.8 cm³/mol. The number of imidazole rings is 1. The number of benzene rings is 2. The van der Waals surface area contributed by atoms with Gasteiger partial charge in [0.05, 0.1) is 16.3 Å². The molecule has 24 heavy (non-hydrogen) atoms. The quantitative estimate of drug-likeness (QED) is 0.763. The van der Waals surface area contributed by atoms with Gasteiger partial charge in [0, 0.05) is 24.6 Å². The number of nitrogens with zero attached hydrogens (tertiary/aromatic N) is 3. The third kappa shape index (κ3) is 3.24. The molecule has 0 saturated heterocycles. The molecule has 0 atom stereocenters. The van der Waals surface area contributed by atoms with Crippen molar-refractivity contribution in [3.8, 4) is 11.8 Å². The standard InChI is InChI=1S/C18H14ClFN4/c1-12-22-6-7-24(12)18-5-2-13(8-17(18)20)11-23-15-4-3-14(10-21)16(19)9-15/h2-9,23H,11H2,1H3. The van der Waals surface area contributed by atoms with Crippen LogP contribution in [-0.2, 0) is 6.54 Å². The third-order valence-corrected chi connectivity index (χ3v) is 4.00. The van der Waals surface area contributed by atoms with Gasteiger partial charge in [0.2, 0.25) is 0 Å². The summed E-state index contributed by atoms with van der Waals surface area (Å²) in [5.41, 5.74) is 2.46. The first-order valence-corrected chi connectivity index (χ1v) is 7.68. The van der Waals surface area contributed by atoms with E-state index in [0.717, 1.165) is 17.1 Å². The number of nitriles is 1. The first-order chi connectivity index (χ1) is 11.6. The lowest BCUT2D eigenvalue weighted by atomic mass is 10.1. The molecule has 0 unspecified atom stereocenters. The minimum atomic E-state index is -0.312. The molecule has 0 amide bonds. The molecule has 6 heteroatoms. The van der Waals surface area contributed by atoms with Crippen molar-refractivity contribution in [3.63, 3.8) is 0 Å². The highest BCUT2D eigenvalue weighted by molar-refractivity contribution is 6.32. The maximum Gasteiger partial charge on any atom is 0.147 e. The van der Waals surface area contributed by atoms with E-state index in [9.17, 15) is 4.39 Å². The van der Waals surface area contributed by atoms with Crippen molar-refractivity contribution in [3.05, 3.63) is 76.6 Å². The first-order valence-electron chi connectivity index (χ1n) is 7.31. The van der Waals surface area contributed by atoms with Crippen molar-refractivity contribution in [1.82, 2.24) is 9.55 Å². The summed E-state index contributed by atoms with van der Waals surface area (Å²) in [5.74, 6) is 0.417. The Kier molecular flexibility index (Phi) is 4.50. The number of hydrogen-bond donors (Lipinski definition) is 1. The van der Waals surface area contributed by atoms with Crippen LogP contribution in [0.2, 0.25) is 5.02 Å². The lowest BCUT2D eigenvalue weighted by Gasteiger charge is -2.10. The van der Waals surface area contributed by atoms with Gasteiger partial charge in [0.15, 0.2) is 0 Å². The van der Waals surface area contributed by atoms with Gasteiger partial charge in [-0.2, -0.15) is 5.26 Å². The van der Waals surface area contributed by atoms with Crippen LogP contribution < -0.4 is 5.32 Å². The van der Waals surface area contributed by atoms with Crippen LogP contribution in [0, 0.1) is 24.1 Å². The van der Waals surface area contributed by atoms with Crippen molar-refractivity contribution in [1.29, 1.82) is 5.26 Å². The average molecular weight is 341 g/mol. The van der Waals surface area contributed by atoms with Crippen molar-refractivity contribution in [2.24, 2.45) is 0 Å². The van der Waals surface area contributed by atoms with Gasteiger partial charge >= 0.3 is 0 Å². The normalized spacial score (nSPS) is 10.4. The topological polar surface area (TPSA) is 53.6 Å². The maximum atomic E-state index is 14.3. The zero-order valence-corrected chi connectivity index (χ0v) is 13.7. The predicted octanol–water partition coefficient (Wildman–Crippen LogP) is 4.46. The van der Waals surface area contributed by atoms with Gasteiger partial charge in [-0.3, -0.25) is 0 Å². The lowest BCUT2D eigenvalue weighted by Crippen LogP contribution is -2.03. The Balaban J connectivity index is 1.75. The molecule has 0 aliphatic heterocycles. The highest BCUT2D eigenvalue weighted by Gasteiger charge is 2.08. The highest BCUT2D eigenvalue weighted by Crippen LogP contribution is 2.21. The fourth-order valence-corrected chi connectivity index (χ4v) is 2.63. The SMILES string of the molecule is Cc1nccn1-c1ccc(CNc2ccc(C#N)c(Cl)c2)cc1F. The first kappa shape index (κ1) is 16.0. The Labute approximate surface area is 144 Å². The Morgan fingerprint density at radius 3 is 2.75 bits per heavy atom. The molecule has 0 spiro atoms. The molecule has 0 aliphatic rings. The number of nitrogens with one attached hydrogen (secondary N) is 1. The van der Waals surface area contributed by atoms with Crippen LogP contribution in [0.5, 0.6) is 0 Å². The molecule has 1 aromatic heterocycles. The fourth-order valence-electron chi connectivity index (χ4n) is 2.41. The van der Waals surface area contributed by atoms with E-state index in [-0.39, 0.29) is 5.82 Å². The number of aromatic nitrogens is 2. The second-order valence-corrected chi connectivity index (χ2v) is 5.70. The molecular formula is C18H14ClFN4. The van der Waals surface area contributed by atoms with Gasteiger partial charge in [-0.25, -0.2) is 9.37 Å².